The van der Waals surface area contributed by atoms with Gasteiger partial charge >= 0.3 is 0 Å². The zero-order valence-electron chi connectivity index (χ0n) is 14.3. The molecule has 0 aliphatic carbocycles. The minimum atomic E-state index is -0.137. The molecule has 0 unspecified atom stereocenters. The van der Waals surface area contributed by atoms with Gasteiger partial charge in [0, 0.05) is 24.1 Å². The lowest BCUT2D eigenvalue weighted by Gasteiger charge is -2.12. The molecule has 24 heavy (non-hydrogen) atoms. The average Bonchev–Trinajstić information content (AvgIpc) is 3.16. The fraction of sp³-hybridized carbons (Fsp3) is 0.412. The highest BCUT2D eigenvalue weighted by molar-refractivity contribution is 5.91. The van der Waals surface area contributed by atoms with Crippen molar-refractivity contribution < 1.29 is 9.53 Å². The van der Waals surface area contributed by atoms with Gasteiger partial charge in [-0.1, -0.05) is 13.8 Å². The molecular formula is C17H21N5O2. The van der Waals surface area contributed by atoms with E-state index in [1.807, 2.05) is 39.8 Å². The molecule has 0 atom stereocenters. The third-order valence-corrected chi connectivity index (χ3v) is 3.64. The van der Waals surface area contributed by atoms with E-state index in [1.54, 1.807) is 10.7 Å². The summed E-state index contributed by atoms with van der Waals surface area (Å²) in [5.41, 5.74) is 1.86. The molecular weight excluding hydrogens is 306 g/mol. The predicted molar refractivity (Wildman–Crippen MR) is 90.6 cm³/mol. The van der Waals surface area contributed by atoms with E-state index in [-0.39, 0.29) is 11.8 Å². The zero-order chi connectivity index (χ0) is 17.3. The Kier molecular flexibility index (Phi) is 4.33. The molecule has 7 nitrogen and oxygen atoms in total. The standard InChI is InChI=1S/C17H21N5O2/c1-10(2)17(23)19-14-9-15(22-12(4)8-11(3)21-22)20-16(18-14)13-6-5-7-24-13/h6,8-10H,5,7H2,1-4H3,(H,18,19,20,23). The Morgan fingerprint density at radius 3 is 2.67 bits per heavy atom. The molecule has 0 saturated heterocycles. The monoisotopic (exact) mass is 327 g/mol. The normalized spacial score (nSPS) is 13.8. The summed E-state index contributed by atoms with van der Waals surface area (Å²) in [6.07, 6.45) is 2.78. The Labute approximate surface area is 140 Å². The second-order valence-corrected chi connectivity index (χ2v) is 6.12. The van der Waals surface area contributed by atoms with Crippen molar-refractivity contribution in [1.82, 2.24) is 19.7 Å². The first kappa shape index (κ1) is 16.2. The number of nitrogens with one attached hydrogen (secondary N) is 1. The van der Waals surface area contributed by atoms with Crippen LogP contribution < -0.4 is 5.32 Å². The first-order valence-corrected chi connectivity index (χ1v) is 8.01. The average molecular weight is 327 g/mol. The number of carbonyl (C=O) groups excluding carboxylic acids is 1. The van der Waals surface area contributed by atoms with Crippen LogP contribution in [0.4, 0.5) is 5.82 Å². The van der Waals surface area contributed by atoms with Crippen LogP contribution in [0.25, 0.3) is 11.6 Å². The van der Waals surface area contributed by atoms with Crippen molar-refractivity contribution in [2.24, 2.45) is 5.92 Å². The van der Waals surface area contributed by atoms with Gasteiger partial charge < -0.3 is 10.1 Å². The fourth-order valence-corrected chi connectivity index (χ4v) is 2.42. The van der Waals surface area contributed by atoms with Crippen LogP contribution in [0.2, 0.25) is 0 Å². The minimum Gasteiger partial charge on any atom is -0.490 e. The van der Waals surface area contributed by atoms with Gasteiger partial charge in [-0.15, -0.1) is 0 Å². The quantitative estimate of drug-likeness (QED) is 0.933. The smallest absolute Gasteiger partial charge is 0.228 e. The van der Waals surface area contributed by atoms with E-state index in [2.05, 4.69) is 20.4 Å². The Bertz CT molecular complexity index is 807. The zero-order valence-corrected chi connectivity index (χ0v) is 14.3. The van der Waals surface area contributed by atoms with Crippen molar-refractivity contribution >= 4 is 17.5 Å². The number of anilines is 1. The minimum absolute atomic E-state index is 0.0970. The lowest BCUT2D eigenvalue weighted by molar-refractivity contribution is -0.118. The Hall–Kier alpha value is -2.70. The van der Waals surface area contributed by atoms with Crippen LogP contribution in [-0.2, 0) is 9.53 Å². The van der Waals surface area contributed by atoms with Gasteiger partial charge in [0.2, 0.25) is 5.91 Å². The molecule has 3 rings (SSSR count). The molecule has 126 valence electrons. The van der Waals surface area contributed by atoms with Gasteiger partial charge in [-0.25, -0.2) is 14.6 Å². The maximum atomic E-state index is 12.0. The van der Waals surface area contributed by atoms with Gasteiger partial charge in [0.15, 0.2) is 17.4 Å². The molecule has 0 bridgehead atoms. The maximum Gasteiger partial charge on any atom is 0.228 e. The lowest BCUT2D eigenvalue weighted by Crippen LogP contribution is -2.19. The van der Waals surface area contributed by atoms with Crippen LogP contribution in [-0.4, -0.2) is 32.3 Å². The summed E-state index contributed by atoms with van der Waals surface area (Å²) in [4.78, 5) is 21.0. The van der Waals surface area contributed by atoms with Gasteiger partial charge in [-0.3, -0.25) is 4.79 Å². The Balaban J connectivity index is 2.05. The van der Waals surface area contributed by atoms with Crippen molar-refractivity contribution in [2.75, 3.05) is 11.9 Å². The summed E-state index contributed by atoms with van der Waals surface area (Å²) in [5.74, 6) is 1.90. The number of aryl methyl sites for hydroxylation is 2. The molecule has 1 aliphatic heterocycles. The summed E-state index contributed by atoms with van der Waals surface area (Å²) in [6, 6.07) is 3.69. The number of amides is 1. The number of ether oxygens (including phenoxy) is 1. The van der Waals surface area contributed by atoms with Gasteiger partial charge in [-0.05, 0) is 26.0 Å². The molecule has 0 fully saturated rings. The molecule has 2 aromatic rings. The highest BCUT2D eigenvalue weighted by atomic mass is 16.5. The van der Waals surface area contributed by atoms with Crippen LogP contribution in [0.5, 0.6) is 0 Å². The van der Waals surface area contributed by atoms with Crippen LogP contribution in [0.3, 0.4) is 0 Å². The van der Waals surface area contributed by atoms with Crippen molar-refractivity contribution in [2.45, 2.75) is 34.1 Å². The SMILES string of the molecule is Cc1cc(C)n(-c2cc(NC(=O)C(C)C)nc(C3=CCCO3)n2)n1. The van der Waals surface area contributed by atoms with Crippen molar-refractivity contribution in [3.05, 3.63) is 35.4 Å². The molecule has 0 spiro atoms. The second-order valence-electron chi connectivity index (χ2n) is 6.12. The van der Waals surface area contributed by atoms with Gasteiger partial charge in [0.25, 0.3) is 0 Å². The summed E-state index contributed by atoms with van der Waals surface area (Å²) in [7, 11) is 0. The summed E-state index contributed by atoms with van der Waals surface area (Å²) >= 11 is 0. The first-order chi connectivity index (χ1) is 11.4. The van der Waals surface area contributed by atoms with E-state index in [4.69, 9.17) is 4.74 Å². The largest absolute Gasteiger partial charge is 0.490 e. The number of aromatic nitrogens is 4. The van der Waals surface area contributed by atoms with Crippen LogP contribution >= 0.6 is 0 Å². The van der Waals surface area contributed by atoms with E-state index >= 15 is 0 Å². The number of nitrogens with zero attached hydrogens (tertiary/aromatic N) is 4. The number of rotatable bonds is 4. The number of hydrogen-bond donors (Lipinski definition) is 1. The second kappa shape index (κ2) is 6.43. The molecule has 3 heterocycles. The van der Waals surface area contributed by atoms with E-state index in [0.717, 1.165) is 17.8 Å². The van der Waals surface area contributed by atoms with Crippen LogP contribution in [0.15, 0.2) is 18.2 Å². The molecule has 0 radical (unpaired) electrons. The maximum absolute atomic E-state index is 12.0. The summed E-state index contributed by atoms with van der Waals surface area (Å²) < 4.78 is 7.30. The van der Waals surface area contributed by atoms with Crippen molar-refractivity contribution in [3.63, 3.8) is 0 Å². The van der Waals surface area contributed by atoms with E-state index < -0.39 is 0 Å². The number of carbonyl (C=O) groups is 1. The van der Waals surface area contributed by atoms with Crippen LogP contribution in [0, 0.1) is 19.8 Å². The summed E-state index contributed by atoms with van der Waals surface area (Å²) in [6.45, 7) is 8.18. The fourth-order valence-electron chi connectivity index (χ4n) is 2.42. The van der Waals surface area contributed by atoms with E-state index in [0.29, 0.717) is 29.8 Å². The van der Waals surface area contributed by atoms with Gasteiger partial charge in [-0.2, -0.15) is 5.10 Å². The Morgan fingerprint density at radius 1 is 1.29 bits per heavy atom. The van der Waals surface area contributed by atoms with E-state index in [9.17, 15) is 4.79 Å². The van der Waals surface area contributed by atoms with Crippen molar-refractivity contribution in [3.8, 4) is 5.82 Å². The van der Waals surface area contributed by atoms with Crippen molar-refractivity contribution in [1.29, 1.82) is 0 Å². The van der Waals surface area contributed by atoms with Gasteiger partial charge in [0.1, 0.15) is 5.82 Å². The predicted octanol–water partition coefficient (Wildman–Crippen LogP) is 2.63. The molecule has 1 aliphatic rings. The molecule has 0 aromatic carbocycles. The highest BCUT2D eigenvalue weighted by Gasteiger charge is 2.17. The molecule has 7 heteroatoms. The lowest BCUT2D eigenvalue weighted by atomic mass is 10.2. The highest BCUT2D eigenvalue weighted by Crippen LogP contribution is 2.22. The summed E-state index contributed by atoms with van der Waals surface area (Å²) in [5, 5.41) is 7.28. The third kappa shape index (κ3) is 3.29. The molecule has 2 aromatic heterocycles. The topological polar surface area (TPSA) is 81.9 Å². The number of hydrogen-bond acceptors (Lipinski definition) is 5. The van der Waals surface area contributed by atoms with E-state index in [1.165, 1.54) is 0 Å². The molecule has 1 N–H and O–H groups in total. The third-order valence-electron chi connectivity index (χ3n) is 3.64. The molecule has 0 saturated carbocycles. The Morgan fingerprint density at radius 2 is 2.08 bits per heavy atom. The first-order valence-electron chi connectivity index (χ1n) is 8.01. The molecule has 1 amide bonds. The van der Waals surface area contributed by atoms with Crippen LogP contribution in [0.1, 0.15) is 37.5 Å². The van der Waals surface area contributed by atoms with Gasteiger partial charge in [0.05, 0.1) is 12.3 Å².